The van der Waals surface area contributed by atoms with Crippen LogP contribution in [0.4, 0.5) is 0 Å². The van der Waals surface area contributed by atoms with Crippen molar-refractivity contribution in [2.45, 2.75) is 20.0 Å². The molecule has 112 valence electrons. The van der Waals surface area contributed by atoms with E-state index in [-0.39, 0.29) is 5.91 Å². The molecule has 22 heavy (non-hydrogen) atoms. The fourth-order valence-corrected chi connectivity index (χ4v) is 2.71. The molecule has 0 unspecified atom stereocenters. The van der Waals surface area contributed by atoms with Crippen LogP contribution in [0.15, 0.2) is 54.6 Å². The largest absolute Gasteiger partial charge is 0.488 e. The van der Waals surface area contributed by atoms with E-state index in [1.54, 1.807) is 0 Å². The summed E-state index contributed by atoms with van der Waals surface area (Å²) in [5.74, 6) is 0.910. The minimum atomic E-state index is 0.00315. The van der Waals surface area contributed by atoms with Crippen molar-refractivity contribution in [3.8, 4) is 5.75 Å². The fourth-order valence-electron chi connectivity index (χ4n) is 2.71. The highest BCUT2D eigenvalue weighted by atomic mass is 16.5. The van der Waals surface area contributed by atoms with Gasteiger partial charge in [0.15, 0.2) is 0 Å². The first-order chi connectivity index (χ1) is 10.8. The number of rotatable bonds is 3. The molecule has 3 heteroatoms. The van der Waals surface area contributed by atoms with Crippen molar-refractivity contribution in [1.29, 1.82) is 0 Å². The standard InChI is InChI=1S/C19H19NO2/c1-14(21)20-12-6-10-17-16-8-3-2-7-15(16)13-22-19-11-5-4-9-18(17)19/h2-5,7-11H,6,12-13H2,1H3,(H,20,21)/b17-10-. The van der Waals surface area contributed by atoms with Crippen molar-refractivity contribution in [1.82, 2.24) is 5.32 Å². The Hall–Kier alpha value is -2.55. The lowest BCUT2D eigenvalue weighted by Crippen LogP contribution is -2.20. The molecule has 1 amide bonds. The average molecular weight is 293 g/mol. The molecule has 0 fully saturated rings. The molecule has 0 aliphatic carbocycles. The highest BCUT2D eigenvalue weighted by molar-refractivity contribution is 5.85. The Morgan fingerprint density at radius 3 is 2.68 bits per heavy atom. The maximum absolute atomic E-state index is 11.0. The zero-order valence-corrected chi connectivity index (χ0v) is 12.6. The number of hydrogen-bond acceptors (Lipinski definition) is 2. The van der Waals surface area contributed by atoms with Crippen LogP contribution in [0.5, 0.6) is 5.75 Å². The van der Waals surface area contributed by atoms with Crippen LogP contribution in [0.1, 0.15) is 30.0 Å². The summed E-state index contributed by atoms with van der Waals surface area (Å²) in [6.07, 6.45) is 2.97. The van der Waals surface area contributed by atoms with Crippen LogP contribution in [-0.4, -0.2) is 12.5 Å². The molecule has 1 heterocycles. The van der Waals surface area contributed by atoms with Gasteiger partial charge in [0.2, 0.25) is 5.91 Å². The van der Waals surface area contributed by atoms with Gasteiger partial charge in [-0.3, -0.25) is 4.79 Å². The zero-order chi connectivity index (χ0) is 15.4. The Bertz CT molecular complexity index is 669. The maximum Gasteiger partial charge on any atom is 0.216 e. The van der Waals surface area contributed by atoms with E-state index in [1.165, 1.54) is 23.6 Å². The summed E-state index contributed by atoms with van der Waals surface area (Å²) in [6, 6.07) is 16.4. The summed E-state index contributed by atoms with van der Waals surface area (Å²) in [5.41, 5.74) is 4.67. The van der Waals surface area contributed by atoms with Crippen LogP contribution < -0.4 is 10.1 Å². The Kier molecular flexibility index (Phi) is 4.24. The minimum Gasteiger partial charge on any atom is -0.488 e. The third-order valence-electron chi connectivity index (χ3n) is 3.73. The van der Waals surface area contributed by atoms with E-state index in [1.807, 2.05) is 24.3 Å². The number of para-hydroxylation sites is 1. The van der Waals surface area contributed by atoms with Crippen molar-refractivity contribution >= 4 is 11.5 Å². The molecule has 0 saturated heterocycles. The predicted molar refractivity (Wildman–Crippen MR) is 87.6 cm³/mol. The van der Waals surface area contributed by atoms with E-state index in [9.17, 15) is 4.79 Å². The molecule has 2 aromatic carbocycles. The number of hydrogen-bond donors (Lipinski definition) is 1. The van der Waals surface area contributed by atoms with E-state index >= 15 is 0 Å². The lowest BCUT2D eigenvalue weighted by atomic mass is 9.93. The second kappa shape index (κ2) is 6.48. The average Bonchev–Trinajstić information content (AvgIpc) is 2.69. The molecule has 3 nitrogen and oxygen atoms in total. The van der Waals surface area contributed by atoms with Gasteiger partial charge in [0.25, 0.3) is 0 Å². The summed E-state index contributed by atoms with van der Waals surface area (Å²) < 4.78 is 5.94. The smallest absolute Gasteiger partial charge is 0.216 e. The van der Waals surface area contributed by atoms with Crippen LogP contribution in [0.25, 0.3) is 5.57 Å². The number of nitrogens with one attached hydrogen (secondary N) is 1. The van der Waals surface area contributed by atoms with Gasteiger partial charge in [0, 0.05) is 19.0 Å². The predicted octanol–water partition coefficient (Wildman–Crippen LogP) is 3.54. The highest BCUT2D eigenvalue weighted by Crippen LogP contribution is 2.36. The normalized spacial score (nSPS) is 14.5. The minimum absolute atomic E-state index is 0.00315. The molecule has 1 N–H and O–H groups in total. The number of amides is 1. The highest BCUT2D eigenvalue weighted by Gasteiger charge is 2.17. The van der Waals surface area contributed by atoms with Crippen molar-refractivity contribution in [3.63, 3.8) is 0 Å². The van der Waals surface area contributed by atoms with Crippen molar-refractivity contribution in [3.05, 3.63) is 71.3 Å². The number of ether oxygens (including phenoxy) is 1. The molecule has 0 atom stereocenters. The lowest BCUT2D eigenvalue weighted by molar-refractivity contribution is -0.118. The molecular formula is C19H19NO2. The van der Waals surface area contributed by atoms with Crippen molar-refractivity contribution < 1.29 is 9.53 Å². The number of carbonyl (C=O) groups excluding carboxylic acids is 1. The van der Waals surface area contributed by atoms with E-state index in [0.717, 1.165) is 17.7 Å². The summed E-state index contributed by atoms with van der Waals surface area (Å²) in [5, 5.41) is 2.83. The van der Waals surface area contributed by atoms with Crippen LogP contribution in [-0.2, 0) is 11.4 Å². The molecule has 0 saturated carbocycles. The van der Waals surface area contributed by atoms with Crippen molar-refractivity contribution in [2.24, 2.45) is 0 Å². The second-order valence-electron chi connectivity index (χ2n) is 5.33. The number of fused-ring (bicyclic) bond motifs is 2. The summed E-state index contributed by atoms with van der Waals surface area (Å²) >= 11 is 0. The zero-order valence-electron chi connectivity index (χ0n) is 12.6. The SMILES string of the molecule is CC(=O)NCC/C=C1/c2ccccc2COc2ccccc21. The Balaban J connectivity index is 1.98. The molecule has 1 aliphatic rings. The molecule has 0 bridgehead atoms. The second-order valence-corrected chi connectivity index (χ2v) is 5.33. The first-order valence-electron chi connectivity index (χ1n) is 7.51. The van der Waals surface area contributed by atoms with Gasteiger partial charge in [0.05, 0.1) is 0 Å². The molecule has 1 aliphatic heterocycles. The molecular weight excluding hydrogens is 274 g/mol. The molecule has 0 aromatic heterocycles. The van der Waals surface area contributed by atoms with Gasteiger partial charge >= 0.3 is 0 Å². The summed E-state index contributed by atoms with van der Waals surface area (Å²) in [7, 11) is 0. The van der Waals surface area contributed by atoms with Gasteiger partial charge < -0.3 is 10.1 Å². The van der Waals surface area contributed by atoms with E-state index in [2.05, 4.69) is 35.7 Å². The Labute approximate surface area is 130 Å². The van der Waals surface area contributed by atoms with E-state index < -0.39 is 0 Å². The Morgan fingerprint density at radius 2 is 1.86 bits per heavy atom. The third kappa shape index (κ3) is 3.03. The van der Waals surface area contributed by atoms with Crippen LogP contribution in [0.2, 0.25) is 0 Å². The third-order valence-corrected chi connectivity index (χ3v) is 3.73. The van der Waals surface area contributed by atoms with Gasteiger partial charge in [-0.2, -0.15) is 0 Å². The molecule has 0 radical (unpaired) electrons. The van der Waals surface area contributed by atoms with E-state index in [0.29, 0.717) is 13.2 Å². The summed E-state index contributed by atoms with van der Waals surface area (Å²) in [6.45, 7) is 2.76. The lowest BCUT2D eigenvalue weighted by Gasteiger charge is -2.10. The van der Waals surface area contributed by atoms with Gasteiger partial charge in [0.1, 0.15) is 12.4 Å². The van der Waals surface area contributed by atoms with Crippen LogP contribution in [0, 0.1) is 0 Å². The van der Waals surface area contributed by atoms with Crippen molar-refractivity contribution in [2.75, 3.05) is 6.54 Å². The first-order valence-corrected chi connectivity index (χ1v) is 7.51. The number of carbonyl (C=O) groups is 1. The van der Waals surface area contributed by atoms with Gasteiger partial charge in [-0.15, -0.1) is 0 Å². The molecule has 2 aromatic rings. The van der Waals surface area contributed by atoms with Crippen LogP contribution >= 0.6 is 0 Å². The molecule has 0 spiro atoms. The van der Waals surface area contributed by atoms with Gasteiger partial charge in [-0.05, 0) is 29.2 Å². The maximum atomic E-state index is 11.0. The molecule has 3 rings (SSSR count). The quantitative estimate of drug-likeness (QED) is 0.879. The monoisotopic (exact) mass is 293 g/mol. The Morgan fingerprint density at radius 1 is 1.14 bits per heavy atom. The fraction of sp³-hybridized carbons (Fsp3) is 0.211. The van der Waals surface area contributed by atoms with Gasteiger partial charge in [-0.1, -0.05) is 48.5 Å². The summed E-state index contributed by atoms with van der Waals surface area (Å²) in [4.78, 5) is 11.0. The van der Waals surface area contributed by atoms with E-state index in [4.69, 9.17) is 4.74 Å². The first kappa shape index (κ1) is 14.4. The topological polar surface area (TPSA) is 38.3 Å². The van der Waals surface area contributed by atoms with Crippen LogP contribution in [0.3, 0.4) is 0 Å². The van der Waals surface area contributed by atoms with Gasteiger partial charge in [-0.25, -0.2) is 0 Å². The number of benzene rings is 2.